The van der Waals surface area contributed by atoms with Crippen molar-refractivity contribution in [1.29, 1.82) is 0 Å². The van der Waals surface area contributed by atoms with Gasteiger partial charge < -0.3 is 5.32 Å². The summed E-state index contributed by atoms with van der Waals surface area (Å²) in [6.45, 7) is 3.55. The van der Waals surface area contributed by atoms with E-state index in [2.05, 4.69) is 39.6 Å². The predicted molar refractivity (Wildman–Crippen MR) is 65.9 cm³/mol. The van der Waals surface area contributed by atoms with Crippen molar-refractivity contribution < 1.29 is 0 Å². The standard InChI is InChI=1S/C11H16BrNS/c1-8-2-4-13-9(6-8)7-11-10(12)3-5-14-11/h3,5,8-9,13H,2,4,6-7H2,1H3. The van der Waals surface area contributed by atoms with E-state index in [1.165, 1.54) is 35.2 Å². The predicted octanol–water partition coefficient (Wildman–Crippen LogP) is 3.44. The third kappa shape index (κ3) is 2.59. The van der Waals surface area contributed by atoms with E-state index in [1.807, 2.05) is 11.3 Å². The van der Waals surface area contributed by atoms with Gasteiger partial charge in [0.25, 0.3) is 0 Å². The van der Waals surface area contributed by atoms with Gasteiger partial charge in [-0.25, -0.2) is 0 Å². The molecule has 1 aromatic rings. The Labute approximate surface area is 98.0 Å². The summed E-state index contributed by atoms with van der Waals surface area (Å²) >= 11 is 5.45. The molecule has 1 saturated heterocycles. The number of rotatable bonds is 2. The maximum Gasteiger partial charge on any atom is 0.0314 e. The highest BCUT2D eigenvalue weighted by molar-refractivity contribution is 9.10. The normalized spacial score (nSPS) is 27.9. The Morgan fingerprint density at radius 1 is 1.64 bits per heavy atom. The molecule has 1 N–H and O–H groups in total. The average Bonchev–Trinajstić information content (AvgIpc) is 2.52. The van der Waals surface area contributed by atoms with Crippen LogP contribution in [-0.2, 0) is 6.42 Å². The first-order valence-electron chi connectivity index (χ1n) is 5.21. The van der Waals surface area contributed by atoms with Crippen molar-refractivity contribution in [2.45, 2.75) is 32.2 Å². The van der Waals surface area contributed by atoms with Crippen LogP contribution in [0.1, 0.15) is 24.6 Å². The highest BCUT2D eigenvalue weighted by Gasteiger charge is 2.19. The minimum atomic E-state index is 0.689. The fourth-order valence-electron chi connectivity index (χ4n) is 2.07. The second kappa shape index (κ2) is 4.77. The molecule has 0 saturated carbocycles. The van der Waals surface area contributed by atoms with Crippen molar-refractivity contribution in [2.24, 2.45) is 5.92 Å². The Morgan fingerprint density at radius 3 is 3.14 bits per heavy atom. The van der Waals surface area contributed by atoms with E-state index in [4.69, 9.17) is 0 Å². The molecule has 0 aliphatic carbocycles. The second-order valence-electron chi connectivity index (χ2n) is 4.18. The lowest BCUT2D eigenvalue weighted by atomic mass is 9.92. The summed E-state index contributed by atoms with van der Waals surface area (Å²) in [5.41, 5.74) is 0. The average molecular weight is 274 g/mol. The summed E-state index contributed by atoms with van der Waals surface area (Å²) in [5.74, 6) is 0.889. The lowest BCUT2D eigenvalue weighted by Crippen LogP contribution is -2.38. The molecule has 0 amide bonds. The Morgan fingerprint density at radius 2 is 2.50 bits per heavy atom. The molecule has 2 unspecified atom stereocenters. The van der Waals surface area contributed by atoms with Gasteiger partial charge in [-0.15, -0.1) is 11.3 Å². The van der Waals surface area contributed by atoms with Crippen LogP contribution in [0.15, 0.2) is 15.9 Å². The lowest BCUT2D eigenvalue weighted by Gasteiger charge is -2.27. The molecule has 2 atom stereocenters. The van der Waals surface area contributed by atoms with E-state index >= 15 is 0 Å². The molecule has 1 fully saturated rings. The summed E-state index contributed by atoms with van der Waals surface area (Å²) in [6.07, 6.45) is 3.84. The van der Waals surface area contributed by atoms with Crippen LogP contribution >= 0.6 is 27.3 Å². The van der Waals surface area contributed by atoms with Gasteiger partial charge in [0.1, 0.15) is 0 Å². The van der Waals surface area contributed by atoms with Crippen LogP contribution < -0.4 is 5.32 Å². The molecule has 0 spiro atoms. The van der Waals surface area contributed by atoms with Crippen LogP contribution in [0, 0.1) is 5.92 Å². The Kier molecular flexibility index (Phi) is 3.63. The van der Waals surface area contributed by atoms with Crippen molar-refractivity contribution >= 4 is 27.3 Å². The van der Waals surface area contributed by atoms with E-state index in [1.54, 1.807) is 0 Å². The summed E-state index contributed by atoms with van der Waals surface area (Å²) in [5, 5.41) is 5.76. The van der Waals surface area contributed by atoms with E-state index in [9.17, 15) is 0 Å². The summed E-state index contributed by atoms with van der Waals surface area (Å²) in [7, 11) is 0. The smallest absolute Gasteiger partial charge is 0.0314 e. The lowest BCUT2D eigenvalue weighted by molar-refractivity contribution is 0.319. The third-order valence-electron chi connectivity index (χ3n) is 2.88. The fraction of sp³-hybridized carbons (Fsp3) is 0.636. The first-order chi connectivity index (χ1) is 6.75. The molecule has 78 valence electrons. The Balaban J connectivity index is 1.94. The van der Waals surface area contributed by atoms with Gasteiger partial charge in [0.05, 0.1) is 0 Å². The Hall–Kier alpha value is 0.140. The summed E-state index contributed by atoms with van der Waals surface area (Å²) in [6, 6.07) is 2.83. The molecule has 0 bridgehead atoms. The van der Waals surface area contributed by atoms with Crippen LogP contribution in [0.3, 0.4) is 0 Å². The number of thiophene rings is 1. The van der Waals surface area contributed by atoms with Crippen molar-refractivity contribution in [3.8, 4) is 0 Å². The number of piperidine rings is 1. The molecule has 2 heterocycles. The van der Waals surface area contributed by atoms with Crippen molar-refractivity contribution in [2.75, 3.05) is 6.54 Å². The zero-order chi connectivity index (χ0) is 9.97. The van der Waals surface area contributed by atoms with Gasteiger partial charge in [0.2, 0.25) is 0 Å². The van der Waals surface area contributed by atoms with Gasteiger partial charge in [-0.2, -0.15) is 0 Å². The largest absolute Gasteiger partial charge is 0.314 e. The summed E-state index contributed by atoms with van der Waals surface area (Å²) < 4.78 is 1.28. The van der Waals surface area contributed by atoms with Gasteiger partial charge >= 0.3 is 0 Å². The van der Waals surface area contributed by atoms with E-state index in [0.717, 1.165) is 5.92 Å². The van der Waals surface area contributed by atoms with E-state index < -0.39 is 0 Å². The molecular formula is C11H16BrNS. The first-order valence-corrected chi connectivity index (χ1v) is 6.88. The van der Waals surface area contributed by atoms with Gasteiger partial charge in [-0.1, -0.05) is 6.92 Å². The van der Waals surface area contributed by atoms with Gasteiger partial charge in [0.15, 0.2) is 0 Å². The quantitative estimate of drug-likeness (QED) is 0.871. The van der Waals surface area contributed by atoms with E-state index in [0.29, 0.717) is 6.04 Å². The molecule has 14 heavy (non-hydrogen) atoms. The molecule has 2 rings (SSSR count). The molecular weight excluding hydrogens is 258 g/mol. The molecule has 0 aromatic carbocycles. The highest BCUT2D eigenvalue weighted by atomic mass is 79.9. The zero-order valence-corrected chi connectivity index (χ0v) is 10.8. The molecule has 1 aliphatic rings. The van der Waals surface area contributed by atoms with Crippen molar-refractivity contribution in [1.82, 2.24) is 5.32 Å². The monoisotopic (exact) mass is 273 g/mol. The van der Waals surface area contributed by atoms with Crippen LogP contribution in [0.25, 0.3) is 0 Å². The zero-order valence-electron chi connectivity index (χ0n) is 8.42. The maximum atomic E-state index is 3.60. The minimum Gasteiger partial charge on any atom is -0.314 e. The Bertz CT molecular complexity index is 297. The van der Waals surface area contributed by atoms with Crippen LogP contribution in [-0.4, -0.2) is 12.6 Å². The van der Waals surface area contributed by atoms with Gasteiger partial charge in [0, 0.05) is 15.4 Å². The fourth-order valence-corrected chi connectivity index (χ4v) is 3.67. The highest BCUT2D eigenvalue weighted by Crippen LogP contribution is 2.26. The number of hydrogen-bond donors (Lipinski definition) is 1. The van der Waals surface area contributed by atoms with Crippen LogP contribution in [0.2, 0.25) is 0 Å². The minimum absolute atomic E-state index is 0.689. The number of nitrogens with one attached hydrogen (secondary N) is 1. The summed E-state index contributed by atoms with van der Waals surface area (Å²) in [4.78, 5) is 1.48. The van der Waals surface area contributed by atoms with Crippen molar-refractivity contribution in [3.63, 3.8) is 0 Å². The first kappa shape index (κ1) is 10.7. The second-order valence-corrected chi connectivity index (χ2v) is 6.03. The molecule has 1 nitrogen and oxygen atoms in total. The molecule has 1 aromatic heterocycles. The molecule has 3 heteroatoms. The van der Waals surface area contributed by atoms with Gasteiger partial charge in [-0.05, 0) is 59.1 Å². The molecule has 1 aliphatic heterocycles. The SMILES string of the molecule is CC1CCNC(Cc2sccc2Br)C1. The third-order valence-corrected chi connectivity index (χ3v) is 4.83. The van der Waals surface area contributed by atoms with Crippen LogP contribution in [0.4, 0.5) is 0 Å². The maximum absolute atomic E-state index is 3.60. The van der Waals surface area contributed by atoms with Crippen LogP contribution in [0.5, 0.6) is 0 Å². The number of halogens is 1. The number of hydrogen-bond acceptors (Lipinski definition) is 2. The topological polar surface area (TPSA) is 12.0 Å². The van der Waals surface area contributed by atoms with Crippen molar-refractivity contribution in [3.05, 3.63) is 20.8 Å². The molecule has 0 radical (unpaired) electrons. The van der Waals surface area contributed by atoms with E-state index in [-0.39, 0.29) is 0 Å². The van der Waals surface area contributed by atoms with Gasteiger partial charge in [-0.3, -0.25) is 0 Å².